The summed E-state index contributed by atoms with van der Waals surface area (Å²) in [6.45, 7) is 5.49. The van der Waals surface area contributed by atoms with Gasteiger partial charge in [-0.1, -0.05) is 18.6 Å². The molecular weight excluding hydrogens is 524 g/mol. The van der Waals surface area contributed by atoms with Crippen molar-refractivity contribution < 1.29 is 52.3 Å². The number of hydrogen-bond donors (Lipinski definition) is 0. The number of rotatable bonds is 14. The Balaban J connectivity index is 1.58. The molecule has 11 heteroatoms. The van der Waals surface area contributed by atoms with Gasteiger partial charge in [-0.3, -0.25) is 19.2 Å². The van der Waals surface area contributed by atoms with E-state index in [2.05, 4.69) is 12.1 Å². The molecule has 2 fully saturated rings. The number of esters is 4. The minimum Gasteiger partial charge on any atom is -0.493 e. The minimum absolute atomic E-state index is 0.246. The molecule has 0 amide bonds. The molecule has 2 aliphatic rings. The zero-order valence-electron chi connectivity index (χ0n) is 23.6. The van der Waals surface area contributed by atoms with Gasteiger partial charge in [0.05, 0.1) is 6.61 Å². The normalized spacial score (nSPS) is 24.4. The molecular formula is C29H40O11. The number of carbonyl (C=O) groups is 4. The first-order chi connectivity index (χ1) is 19.1. The van der Waals surface area contributed by atoms with Crippen LogP contribution in [0.25, 0.3) is 0 Å². The first kappa shape index (κ1) is 31.3. The first-order valence-corrected chi connectivity index (χ1v) is 13.8. The zero-order chi connectivity index (χ0) is 29.1. The van der Waals surface area contributed by atoms with Crippen LogP contribution in [0.15, 0.2) is 24.3 Å². The highest BCUT2D eigenvalue weighted by molar-refractivity contribution is 5.68. The molecule has 0 spiro atoms. The monoisotopic (exact) mass is 564 g/mol. The van der Waals surface area contributed by atoms with E-state index in [1.54, 1.807) is 0 Å². The summed E-state index contributed by atoms with van der Waals surface area (Å²) >= 11 is 0. The Bertz CT molecular complexity index is 988. The van der Waals surface area contributed by atoms with Crippen LogP contribution in [-0.4, -0.2) is 74.4 Å². The second kappa shape index (κ2) is 15.6. The van der Waals surface area contributed by atoms with Gasteiger partial charge in [0.2, 0.25) is 0 Å². The predicted octanol–water partition coefficient (Wildman–Crippen LogP) is 3.29. The SMILES string of the molecule is CC(=O)OCC1OC(OCCCCc2ccc(OCC3CCC3)cc2)C(OC(C)=O)C(OC(C)=O)C1OC(C)=O. The van der Waals surface area contributed by atoms with Gasteiger partial charge in [0.1, 0.15) is 18.5 Å². The number of benzene rings is 1. The van der Waals surface area contributed by atoms with Gasteiger partial charge in [0, 0.05) is 34.3 Å². The second-order valence-corrected chi connectivity index (χ2v) is 10.1. The maximum absolute atomic E-state index is 11.9. The minimum atomic E-state index is -1.24. The summed E-state index contributed by atoms with van der Waals surface area (Å²) in [5.41, 5.74) is 1.17. The van der Waals surface area contributed by atoms with Gasteiger partial charge < -0.3 is 33.2 Å². The molecule has 1 aromatic rings. The van der Waals surface area contributed by atoms with Crippen LogP contribution in [0.1, 0.15) is 65.4 Å². The lowest BCUT2D eigenvalue weighted by Gasteiger charge is -2.44. The molecule has 5 unspecified atom stereocenters. The predicted molar refractivity (Wildman–Crippen MR) is 140 cm³/mol. The number of unbranched alkanes of at least 4 members (excludes halogenated alkanes) is 1. The van der Waals surface area contributed by atoms with Crippen molar-refractivity contribution in [3.05, 3.63) is 29.8 Å². The molecule has 5 atom stereocenters. The molecule has 3 rings (SSSR count). The van der Waals surface area contributed by atoms with Crippen molar-refractivity contribution in [1.29, 1.82) is 0 Å². The van der Waals surface area contributed by atoms with Crippen LogP contribution in [0.3, 0.4) is 0 Å². The van der Waals surface area contributed by atoms with E-state index in [0.717, 1.165) is 25.2 Å². The van der Waals surface area contributed by atoms with Gasteiger partial charge >= 0.3 is 23.9 Å². The van der Waals surface area contributed by atoms with E-state index < -0.39 is 54.6 Å². The summed E-state index contributed by atoms with van der Waals surface area (Å²) < 4.78 is 39.0. The fraction of sp³-hybridized carbons (Fsp3) is 0.655. The molecule has 1 heterocycles. The van der Waals surface area contributed by atoms with E-state index in [9.17, 15) is 19.2 Å². The molecule has 40 heavy (non-hydrogen) atoms. The van der Waals surface area contributed by atoms with Crippen molar-refractivity contribution in [3.63, 3.8) is 0 Å². The summed E-state index contributed by atoms with van der Waals surface area (Å²) in [6, 6.07) is 8.08. The molecule has 1 aliphatic heterocycles. The van der Waals surface area contributed by atoms with Gasteiger partial charge in [-0.15, -0.1) is 0 Å². The summed E-state index contributed by atoms with van der Waals surface area (Å²) in [5, 5.41) is 0. The Labute approximate surface area is 234 Å². The second-order valence-electron chi connectivity index (χ2n) is 10.1. The van der Waals surface area contributed by atoms with Crippen molar-refractivity contribution >= 4 is 23.9 Å². The smallest absolute Gasteiger partial charge is 0.303 e. The van der Waals surface area contributed by atoms with Gasteiger partial charge in [-0.2, -0.15) is 0 Å². The summed E-state index contributed by atoms with van der Waals surface area (Å²) in [5.74, 6) is -1.06. The van der Waals surface area contributed by atoms with Crippen molar-refractivity contribution in [2.75, 3.05) is 19.8 Å². The highest BCUT2D eigenvalue weighted by atomic mass is 16.7. The third kappa shape index (κ3) is 10.1. The molecule has 0 bridgehead atoms. The van der Waals surface area contributed by atoms with Crippen LogP contribution in [0.5, 0.6) is 5.75 Å². The highest BCUT2D eigenvalue weighted by Crippen LogP contribution is 2.30. The van der Waals surface area contributed by atoms with E-state index in [1.807, 2.05) is 12.1 Å². The summed E-state index contributed by atoms with van der Waals surface area (Å²) in [6.07, 6.45) is 0.240. The van der Waals surface area contributed by atoms with E-state index in [4.69, 9.17) is 33.2 Å². The van der Waals surface area contributed by atoms with Crippen LogP contribution in [0, 0.1) is 5.92 Å². The largest absolute Gasteiger partial charge is 0.493 e. The van der Waals surface area contributed by atoms with Crippen LogP contribution in [0.2, 0.25) is 0 Å². The van der Waals surface area contributed by atoms with E-state index in [-0.39, 0.29) is 13.2 Å². The highest BCUT2D eigenvalue weighted by Gasteiger charge is 2.52. The first-order valence-electron chi connectivity index (χ1n) is 13.8. The van der Waals surface area contributed by atoms with E-state index >= 15 is 0 Å². The maximum atomic E-state index is 11.9. The Morgan fingerprint density at radius 1 is 0.775 bits per heavy atom. The number of carbonyl (C=O) groups excluding carboxylic acids is 4. The quantitative estimate of drug-likeness (QED) is 0.187. The van der Waals surface area contributed by atoms with Crippen LogP contribution >= 0.6 is 0 Å². The molecule has 1 aromatic carbocycles. The summed E-state index contributed by atoms with van der Waals surface area (Å²) in [7, 11) is 0. The van der Waals surface area contributed by atoms with Crippen molar-refractivity contribution in [2.24, 2.45) is 5.92 Å². The van der Waals surface area contributed by atoms with Gasteiger partial charge in [0.15, 0.2) is 24.6 Å². The maximum Gasteiger partial charge on any atom is 0.303 e. The van der Waals surface area contributed by atoms with Crippen molar-refractivity contribution in [1.82, 2.24) is 0 Å². The number of aryl methyl sites for hydroxylation is 1. The molecule has 222 valence electrons. The topological polar surface area (TPSA) is 133 Å². The molecule has 11 nitrogen and oxygen atoms in total. The lowest BCUT2D eigenvalue weighted by Crippen LogP contribution is -2.63. The van der Waals surface area contributed by atoms with Crippen molar-refractivity contribution in [3.8, 4) is 5.75 Å². The third-order valence-electron chi connectivity index (χ3n) is 6.72. The van der Waals surface area contributed by atoms with Crippen molar-refractivity contribution in [2.45, 2.75) is 96.9 Å². The Morgan fingerprint density at radius 3 is 1.98 bits per heavy atom. The van der Waals surface area contributed by atoms with Gasteiger partial charge in [-0.05, 0) is 55.7 Å². The van der Waals surface area contributed by atoms with Crippen LogP contribution in [-0.2, 0) is 54.0 Å². The molecule has 0 N–H and O–H groups in total. The lowest BCUT2D eigenvalue weighted by molar-refractivity contribution is -0.308. The Hall–Kier alpha value is -3.18. The number of ether oxygens (including phenoxy) is 7. The molecule has 1 saturated carbocycles. The average Bonchev–Trinajstić information content (AvgIpc) is 2.85. The standard InChI is InChI=1S/C29H40O11/c1-18(30)35-17-25-26(37-19(2)31)27(38-20(3)32)28(39-21(4)33)29(40-25)34-15-6-5-8-22-11-13-24(14-12-22)36-16-23-9-7-10-23/h11-14,23,25-29H,5-10,15-17H2,1-4H3. The Kier molecular flexibility index (Phi) is 12.2. The van der Waals surface area contributed by atoms with Gasteiger partial charge in [0.25, 0.3) is 0 Å². The van der Waals surface area contributed by atoms with E-state index in [1.165, 1.54) is 52.5 Å². The summed E-state index contributed by atoms with van der Waals surface area (Å²) in [4.78, 5) is 47.1. The average molecular weight is 565 g/mol. The van der Waals surface area contributed by atoms with Crippen LogP contribution in [0.4, 0.5) is 0 Å². The van der Waals surface area contributed by atoms with E-state index in [0.29, 0.717) is 12.3 Å². The Morgan fingerprint density at radius 2 is 1.40 bits per heavy atom. The molecule has 1 aliphatic carbocycles. The fourth-order valence-electron chi connectivity index (χ4n) is 4.58. The molecule has 1 saturated heterocycles. The fourth-order valence-corrected chi connectivity index (χ4v) is 4.58. The number of hydrogen-bond acceptors (Lipinski definition) is 11. The lowest BCUT2D eigenvalue weighted by atomic mass is 9.86. The third-order valence-corrected chi connectivity index (χ3v) is 6.72. The van der Waals surface area contributed by atoms with Gasteiger partial charge in [-0.25, -0.2) is 0 Å². The molecule has 0 radical (unpaired) electrons. The van der Waals surface area contributed by atoms with Crippen LogP contribution < -0.4 is 4.74 Å². The zero-order valence-corrected chi connectivity index (χ0v) is 23.6. The molecule has 0 aromatic heterocycles.